The average Bonchev–Trinajstić information content (AvgIpc) is 3.40. The van der Waals surface area contributed by atoms with E-state index in [2.05, 4.69) is 20.4 Å². The Bertz CT molecular complexity index is 1080. The van der Waals surface area contributed by atoms with E-state index in [1.54, 1.807) is 0 Å². The Labute approximate surface area is 169 Å². The van der Waals surface area contributed by atoms with Gasteiger partial charge in [-0.25, -0.2) is 4.98 Å². The van der Waals surface area contributed by atoms with Crippen LogP contribution in [0.5, 0.6) is 11.5 Å². The summed E-state index contributed by atoms with van der Waals surface area (Å²) in [6, 6.07) is 6.72. The van der Waals surface area contributed by atoms with Gasteiger partial charge in [0.25, 0.3) is 5.78 Å². The van der Waals surface area contributed by atoms with Crippen molar-refractivity contribution in [2.45, 2.75) is 24.4 Å². The normalized spacial score (nSPS) is 18.0. The minimum Gasteiger partial charge on any atom is -0.454 e. The van der Waals surface area contributed by atoms with Crippen LogP contribution in [0.1, 0.15) is 24.1 Å². The van der Waals surface area contributed by atoms with Crippen molar-refractivity contribution in [1.82, 2.24) is 19.6 Å². The fraction of sp³-hybridized carbons (Fsp3) is 0.421. The molecule has 11 heteroatoms. The molecule has 4 heterocycles. The molecule has 1 N–H and O–H groups in total. The molecule has 1 fully saturated rings. The molecule has 2 aromatic heterocycles. The molecule has 2 aliphatic heterocycles. The standard InChI is InChI=1S/C19H18F3N5O3/c20-19(21,22)15-8-16(27-17(26-15)24-10-25-27)23-9-18(3-5-28-6-4-18)12-1-2-13-14(7-12)30-11-29-13/h1-2,7-8,10,23H,3-6,9,11H2. The lowest BCUT2D eigenvalue weighted by Gasteiger charge is -2.38. The second-order valence-electron chi connectivity index (χ2n) is 7.31. The maximum absolute atomic E-state index is 13.3. The highest BCUT2D eigenvalue weighted by Gasteiger charge is 2.37. The number of rotatable bonds is 4. The van der Waals surface area contributed by atoms with Crippen molar-refractivity contribution < 1.29 is 27.4 Å². The number of hydrogen-bond donors (Lipinski definition) is 1. The Kier molecular flexibility index (Phi) is 4.42. The summed E-state index contributed by atoms with van der Waals surface area (Å²) in [6.07, 6.45) is -2.00. The third-order valence-electron chi connectivity index (χ3n) is 5.59. The summed E-state index contributed by atoms with van der Waals surface area (Å²) in [7, 11) is 0. The number of anilines is 1. The van der Waals surface area contributed by atoms with E-state index >= 15 is 0 Å². The Balaban J connectivity index is 1.49. The van der Waals surface area contributed by atoms with Gasteiger partial charge in [-0.05, 0) is 30.5 Å². The number of fused-ring (bicyclic) bond motifs is 2. The summed E-state index contributed by atoms with van der Waals surface area (Å²) < 4.78 is 57.5. The van der Waals surface area contributed by atoms with Crippen molar-refractivity contribution in [3.8, 4) is 11.5 Å². The van der Waals surface area contributed by atoms with Crippen molar-refractivity contribution in [2.24, 2.45) is 0 Å². The van der Waals surface area contributed by atoms with E-state index in [-0.39, 0.29) is 23.8 Å². The van der Waals surface area contributed by atoms with Crippen LogP contribution in [0, 0.1) is 0 Å². The van der Waals surface area contributed by atoms with E-state index in [1.807, 2.05) is 18.2 Å². The van der Waals surface area contributed by atoms with Crippen LogP contribution < -0.4 is 14.8 Å². The largest absolute Gasteiger partial charge is 0.454 e. The average molecular weight is 421 g/mol. The van der Waals surface area contributed by atoms with Crippen LogP contribution in [0.2, 0.25) is 0 Å². The summed E-state index contributed by atoms with van der Waals surface area (Å²) in [4.78, 5) is 7.36. The summed E-state index contributed by atoms with van der Waals surface area (Å²) in [5.41, 5.74) is -0.356. The van der Waals surface area contributed by atoms with E-state index in [4.69, 9.17) is 14.2 Å². The topological polar surface area (TPSA) is 82.8 Å². The van der Waals surface area contributed by atoms with Gasteiger partial charge < -0.3 is 19.5 Å². The van der Waals surface area contributed by atoms with Gasteiger partial charge in [0.1, 0.15) is 12.1 Å². The van der Waals surface area contributed by atoms with Gasteiger partial charge in [-0.3, -0.25) is 0 Å². The van der Waals surface area contributed by atoms with Crippen molar-refractivity contribution in [1.29, 1.82) is 0 Å². The fourth-order valence-corrected chi connectivity index (χ4v) is 3.90. The highest BCUT2D eigenvalue weighted by Crippen LogP contribution is 2.41. The first kappa shape index (κ1) is 18.9. The van der Waals surface area contributed by atoms with E-state index in [1.165, 1.54) is 10.8 Å². The van der Waals surface area contributed by atoms with Gasteiger partial charge in [0.05, 0.1) is 0 Å². The zero-order chi connectivity index (χ0) is 20.8. The molecule has 0 bridgehead atoms. The second kappa shape index (κ2) is 7.01. The van der Waals surface area contributed by atoms with E-state index < -0.39 is 11.9 Å². The molecule has 1 saturated heterocycles. The lowest BCUT2D eigenvalue weighted by atomic mass is 9.74. The van der Waals surface area contributed by atoms with Crippen LogP contribution in [0.15, 0.2) is 30.6 Å². The number of nitrogens with zero attached hydrogens (tertiary/aromatic N) is 4. The molecule has 5 rings (SSSR count). The molecule has 1 aromatic carbocycles. The van der Waals surface area contributed by atoms with Crippen LogP contribution in [0.3, 0.4) is 0 Å². The number of aromatic nitrogens is 4. The molecule has 0 atom stereocenters. The summed E-state index contributed by atoms with van der Waals surface area (Å²) in [6.45, 7) is 1.67. The molecular formula is C19H18F3N5O3. The zero-order valence-corrected chi connectivity index (χ0v) is 15.8. The molecular weight excluding hydrogens is 403 g/mol. The molecule has 0 saturated carbocycles. The highest BCUT2D eigenvalue weighted by atomic mass is 19.4. The monoisotopic (exact) mass is 421 g/mol. The maximum atomic E-state index is 13.3. The number of halogens is 3. The summed E-state index contributed by atoms with van der Waals surface area (Å²) in [5.74, 6) is 1.41. The number of nitrogens with one attached hydrogen (secondary N) is 1. The third-order valence-corrected chi connectivity index (χ3v) is 5.59. The van der Waals surface area contributed by atoms with Crippen LogP contribution in [-0.2, 0) is 16.3 Å². The lowest BCUT2D eigenvalue weighted by molar-refractivity contribution is -0.141. The van der Waals surface area contributed by atoms with Crippen molar-refractivity contribution in [3.63, 3.8) is 0 Å². The fourth-order valence-electron chi connectivity index (χ4n) is 3.90. The van der Waals surface area contributed by atoms with Gasteiger partial charge in [0.15, 0.2) is 17.2 Å². The van der Waals surface area contributed by atoms with E-state index in [0.717, 1.165) is 11.6 Å². The number of hydrogen-bond acceptors (Lipinski definition) is 7. The van der Waals surface area contributed by atoms with Crippen molar-refractivity contribution in [2.75, 3.05) is 31.9 Å². The first-order valence-electron chi connectivity index (χ1n) is 9.44. The molecule has 158 valence electrons. The predicted octanol–water partition coefficient (Wildman–Crippen LogP) is 3.03. The van der Waals surface area contributed by atoms with Crippen molar-refractivity contribution in [3.05, 3.63) is 41.9 Å². The van der Waals surface area contributed by atoms with Gasteiger partial charge in [0, 0.05) is 31.2 Å². The quantitative estimate of drug-likeness (QED) is 0.693. The minimum atomic E-state index is -4.59. The SMILES string of the molecule is FC(F)(F)c1cc(NCC2(c3ccc4c(c3)OCO4)CCOCC2)n2ncnc2n1. The molecule has 8 nitrogen and oxygen atoms in total. The van der Waals surface area contributed by atoms with E-state index in [0.29, 0.717) is 44.1 Å². The Hall–Kier alpha value is -3.08. The highest BCUT2D eigenvalue weighted by molar-refractivity contribution is 5.49. The molecule has 2 aliphatic rings. The maximum Gasteiger partial charge on any atom is 0.433 e. The molecule has 0 unspecified atom stereocenters. The Morgan fingerprint density at radius 2 is 1.90 bits per heavy atom. The smallest absolute Gasteiger partial charge is 0.433 e. The van der Waals surface area contributed by atoms with Gasteiger partial charge in [0.2, 0.25) is 6.79 Å². The van der Waals surface area contributed by atoms with Gasteiger partial charge in [-0.1, -0.05) is 6.07 Å². The zero-order valence-electron chi connectivity index (χ0n) is 15.8. The molecule has 0 amide bonds. The van der Waals surface area contributed by atoms with Gasteiger partial charge in [-0.2, -0.15) is 27.8 Å². The predicted molar refractivity (Wildman–Crippen MR) is 98.6 cm³/mol. The molecule has 30 heavy (non-hydrogen) atoms. The summed E-state index contributed by atoms with van der Waals surface area (Å²) in [5, 5.41) is 7.16. The van der Waals surface area contributed by atoms with E-state index in [9.17, 15) is 13.2 Å². The lowest BCUT2D eigenvalue weighted by Crippen LogP contribution is -2.40. The molecule has 0 spiro atoms. The van der Waals surface area contributed by atoms with Gasteiger partial charge in [-0.15, -0.1) is 0 Å². The minimum absolute atomic E-state index is 0.114. The third kappa shape index (κ3) is 3.28. The molecule has 0 radical (unpaired) electrons. The number of alkyl halides is 3. The van der Waals surface area contributed by atoms with Crippen LogP contribution in [0.4, 0.5) is 19.0 Å². The molecule has 3 aromatic rings. The van der Waals surface area contributed by atoms with Crippen LogP contribution in [0.25, 0.3) is 5.78 Å². The number of ether oxygens (including phenoxy) is 3. The number of benzene rings is 1. The second-order valence-corrected chi connectivity index (χ2v) is 7.31. The first-order valence-corrected chi connectivity index (χ1v) is 9.44. The Morgan fingerprint density at radius 1 is 1.10 bits per heavy atom. The van der Waals surface area contributed by atoms with Crippen LogP contribution >= 0.6 is 0 Å². The molecule has 0 aliphatic carbocycles. The van der Waals surface area contributed by atoms with Crippen molar-refractivity contribution >= 4 is 11.6 Å². The summed E-state index contributed by atoms with van der Waals surface area (Å²) >= 11 is 0. The van der Waals surface area contributed by atoms with Crippen LogP contribution in [-0.4, -0.2) is 46.1 Å². The Morgan fingerprint density at radius 3 is 2.70 bits per heavy atom. The first-order chi connectivity index (χ1) is 14.4. The van der Waals surface area contributed by atoms with Gasteiger partial charge >= 0.3 is 6.18 Å².